The molecule has 5 rings (SSSR count). The Bertz CT molecular complexity index is 1010. The number of carbonyl (C=O) groups is 1. The summed E-state index contributed by atoms with van der Waals surface area (Å²) in [5, 5.41) is 4.91. The van der Waals surface area contributed by atoms with Gasteiger partial charge in [-0.15, -0.1) is 0 Å². The molecule has 5 heteroatoms. The molecule has 3 aromatic carbocycles. The number of hydrogen-bond donors (Lipinski definition) is 1. The zero-order valence-electron chi connectivity index (χ0n) is 12.6. The third-order valence-corrected chi connectivity index (χ3v) is 5.08. The molecule has 0 saturated heterocycles. The van der Waals surface area contributed by atoms with Crippen molar-refractivity contribution in [2.75, 3.05) is 6.79 Å². The molecule has 0 spiro atoms. The van der Waals surface area contributed by atoms with Gasteiger partial charge in [0.15, 0.2) is 11.5 Å². The van der Waals surface area contributed by atoms with Gasteiger partial charge in [0.25, 0.3) is 5.91 Å². The molecule has 24 heavy (non-hydrogen) atoms. The van der Waals surface area contributed by atoms with Crippen molar-refractivity contribution >= 4 is 32.6 Å². The third kappa shape index (κ3) is 1.88. The summed E-state index contributed by atoms with van der Waals surface area (Å²) in [7, 11) is 0. The van der Waals surface area contributed by atoms with Gasteiger partial charge in [0.05, 0.1) is 0 Å². The van der Waals surface area contributed by atoms with Gasteiger partial charge in [-0.3, -0.25) is 4.79 Å². The summed E-state index contributed by atoms with van der Waals surface area (Å²) in [4.78, 5) is 12.2. The van der Waals surface area contributed by atoms with Crippen LogP contribution in [0.25, 0.3) is 21.9 Å². The molecule has 0 unspecified atom stereocenters. The quantitative estimate of drug-likeness (QED) is 0.685. The number of halogens is 1. The highest BCUT2D eigenvalue weighted by molar-refractivity contribution is 9.10. The number of nitrogens with one attached hydrogen (secondary N) is 1. The first kappa shape index (κ1) is 13.9. The Balaban J connectivity index is 1.93. The van der Waals surface area contributed by atoms with Crippen molar-refractivity contribution in [3.8, 4) is 22.6 Å². The van der Waals surface area contributed by atoms with Crippen LogP contribution in [-0.4, -0.2) is 12.7 Å². The lowest BCUT2D eigenvalue weighted by atomic mass is 9.90. The number of benzene rings is 3. The van der Waals surface area contributed by atoms with Crippen molar-refractivity contribution in [1.82, 2.24) is 5.32 Å². The summed E-state index contributed by atoms with van der Waals surface area (Å²) in [6.07, 6.45) is 0. The van der Waals surface area contributed by atoms with E-state index in [1.165, 1.54) is 0 Å². The molecule has 0 radical (unpaired) electrons. The van der Waals surface area contributed by atoms with Crippen molar-refractivity contribution in [3.63, 3.8) is 0 Å². The van der Waals surface area contributed by atoms with Crippen LogP contribution in [-0.2, 0) is 6.54 Å². The first-order valence-electron chi connectivity index (χ1n) is 7.65. The highest BCUT2D eigenvalue weighted by Crippen LogP contribution is 2.46. The maximum absolute atomic E-state index is 12.2. The zero-order valence-corrected chi connectivity index (χ0v) is 14.1. The van der Waals surface area contributed by atoms with Crippen LogP contribution in [0.15, 0.2) is 46.9 Å². The van der Waals surface area contributed by atoms with E-state index in [0.29, 0.717) is 6.54 Å². The second-order valence-electron chi connectivity index (χ2n) is 5.86. The molecule has 0 bridgehead atoms. The molecule has 2 aliphatic rings. The third-order valence-electron chi connectivity index (χ3n) is 4.55. The average molecular weight is 382 g/mol. The van der Waals surface area contributed by atoms with Gasteiger partial charge in [-0.05, 0) is 46.3 Å². The summed E-state index contributed by atoms with van der Waals surface area (Å²) in [6, 6.07) is 13.9. The van der Waals surface area contributed by atoms with Gasteiger partial charge in [-0.25, -0.2) is 0 Å². The minimum atomic E-state index is -0.0251. The minimum Gasteiger partial charge on any atom is -0.454 e. The van der Waals surface area contributed by atoms with Gasteiger partial charge >= 0.3 is 0 Å². The number of rotatable bonds is 1. The predicted molar refractivity (Wildman–Crippen MR) is 94.4 cm³/mol. The zero-order chi connectivity index (χ0) is 16.3. The number of fused-ring (bicyclic) bond motifs is 4. The number of amides is 1. The van der Waals surface area contributed by atoms with Gasteiger partial charge in [0, 0.05) is 22.0 Å². The van der Waals surface area contributed by atoms with Crippen LogP contribution in [0.1, 0.15) is 15.9 Å². The summed E-state index contributed by atoms with van der Waals surface area (Å²) < 4.78 is 12.3. The van der Waals surface area contributed by atoms with E-state index in [0.717, 1.165) is 49.0 Å². The van der Waals surface area contributed by atoms with E-state index in [1.54, 1.807) is 0 Å². The Morgan fingerprint density at radius 3 is 2.71 bits per heavy atom. The molecule has 1 amide bonds. The Morgan fingerprint density at radius 1 is 1.04 bits per heavy atom. The van der Waals surface area contributed by atoms with Crippen molar-refractivity contribution in [2.24, 2.45) is 0 Å². The molecule has 0 aromatic heterocycles. The molecular formula is C19H12BrNO3. The second-order valence-corrected chi connectivity index (χ2v) is 6.78. The molecular weight excluding hydrogens is 370 g/mol. The molecule has 0 saturated carbocycles. The van der Waals surface area contributed by atoms with Crippen LogP contribution in [0, 0.1) is 0 Å². The van der Waals surface area contributed by atoms with Crippen LogP contribution in [0.3, 0.4) is 0 Å². The molecule has 3 aromatic rings. The number of ether oxygens (including phenoxy) is 2. The minimum absolute atomic E-state index is 0.0251. The lowest BCUT2D eigenvalue weighted by Gasteiger charge is -2.14. The first-order valence-corrected chi connectivity index (χ1v) is 8.44. The molecule has 0 atom stereocenters. The van der Waals surface area contributed by atoms with E-state index in [9.17, 15) is 4.79 Å². The van der Waals surface area contributed by atoms with Crippen molar-refractivity contribution < 1.29 is 14.3 Å². The summed E-state index contributed by atoms with van der Waals surface area (Å²) >= 11 is 3.48. The Kier molecular flexibility index (Phi) is 2.88. The van der Waals surface area contributed by atoms with Crippen molar-refractivity contribution in [3.05, 3.63) is 58.1 Å². The molecule has 2 heterocycles. The fourth-order valence-corrected chi connectivity index (χ4v) is 3.74. The van der Waals surface area contributed by atoms with Gasteiger partial charge in [0.1, 0.15) is 0 Å². The summed E-state index contributed by atoms with van der Waals surface area (Å²) in [5.41, 5.74) is 3.84. The normalized spacial score (nSPS) is 14.8. The van der Waals surface area contributed by atoms with E-state index in [2.05, 4.69) is 33.4 Å². The van der Waals surface area contributed by atoms with Gasteiger partial charge in [0.2, 0.25) is 6.79 Å². The van der Waals surface area contributed by atoms with Gasteiger partial charge in [-0.2, -0.15) is 0 Å². The standard InChI is InChI=1S/C19H12BrNO3/c20-12-4-1-10(2-5-12)16-14-8-21-19(22)13(14)7-11-3-6-15-18(17(11)16)24-9-23-15/h1-7H,8-9H2,(H,21,22). The molecule has 0 fully saturated rings. The van der Waals surface area contributed by atoms with Crippen LogP contribution in [0.2, 0.25) is 0 Å². The topological polar surface area (TPSA) is 47.6 Å². The molecule has 2 aliphatic heterocycles. The van der Waals surface area contributed by atoms with Gasteiger partial charge < -0.3 is 14.8 Å². The smallest absolute Gasteiger partial charge is 0.251 e. The highest BCUT2D eigenvalue weighted by Gasteiger charge is 2.28. The lowest BCUT2D eigenvalue weighted by Crippen LogP contribution is -2.12. The average Bonchev–Trinajstić information content (AvgIpc) is 3.21. The second kappa shape index (κ2) is 4.98. The largest absolute Gasteiger partial charge is 0.454 e. The van der Waals surface area contributed by atoms with E-state index in [-0.39, 0.29) is 12.7 Å². The molecule has 4 nitrogen and oxygen atoms in total. The van der Waals surface area contributed by atoms with Gasteiger partial charge in [-0.1, -0.05) is 34.1 Å². The fraction of sp³-hybridized carbons (Fsp3) is 0.105. The van der Waals surface area contributed by atoms with Crippen LogP contribution in [0.4, 0.5) is 0 Å². The van der Waals surface area contributed by atoms with Crippen LogP contribution < -0.4 is 14.8 Å². The maximum atomic E-state index is 12.2. The molecule has 0 aliphatic carbocycles. The monoisotopic (exact) mass is 381 g/mol. The first-order chi connectivity index (χ1) is 11.7. The Hall–Kier alpha value is -2.53. The predicted octanol–water partition coefficient (Wildman–Crippen LogP) is 4.24. The molecule has 118 valence electrons. The maximum Gasteiger partial charge on any atom is 0.251 e. The Morgan fingerprint density at radius 2 is 1.88 bits per heavy atom. The SMILES string of the molecule is O=C1NCc2c1cc1ccc3c(c1c2-c1ccc(Br)cc1)OCO3. The van der Waals surface area contributed by atoms with Crippen LogP contribution >= 0.6 is 15.9 Å². The van der Waals surface area contributed by atoms with Crippen molar-refractivity contribution in [1.29, 1.82) is 0 Å². The van der Waals surface area contributed by atoms with E-state index in [1.807, 2.05) is 30.3 Å². The van der Waals surface area contributed by atoms with E-state index in [4.69, 9.17) is 9.47 Å². The number of carbonyl (C=O) groups excluding carboxylic acids is 1. The fourth-order valence-electron chi connectivity index (χ4n) is 3.48. The van der Waals surface area contributed by atoms with Crippen LogP contribution in [0.5, 0.6) is 11.5 Å². The van der Waals surface area contributed by atoms with E-state index >= 15 is 0 Å². The van der Waals surface area contributed by atoms with E-state index < -0.39 is 0 Å². The lowest BCUT2D eigenvalue weighted by molar-refractivity contribution is 0.0966. The summed E-state index contributed by atoms with van der Waals surface area (Å²) in [5.74, 6) is 1.48. The highest BCUT2D eigenvalue weighted by atomic mass is 79.9. The Labute approximate surface area is 146 Å². The summed E-state index contributed by atoms with van der Waals surface area (Å²) in [6.45, 7) is 0.752. The van der Waals surface area contributed by atoms with Crippen molar-refractivity contribution in [2.45, 2.75) is 6.54 Å². The number of hydrogen-bond acceptors (Lipinski definition) is 3. The molecule has 1 N–H and O–H groups in total.